The lowest BCUT2D eigenvalue weighted by molar-refractivity contribution is -0.253. The standard InChI is InChI=1S/C13H12F4O4/c1-20-11(19)7-6-10(18)8-2-4-9(5-3-8)21-13(16,17)12(14)15/h2-5,12H,6-7H2,1H3. The molecule has 1 aromatic carbocycles. The van der Waals surface area contributed by atoms with E-state index < -0.39 is 30.0 Å². The first-order valence-corrected chi connectivity index (χ1v) is 5.81. The highest BCUT2D eigenvalue weighted by Gasteiger charge is 2.43. The first-order chi connectivity index (χ1) is 9.76. The molecule has 1 aromatic rings. The number of hydrogen-bond donors (Lipinski definition) is 0. The molecule has 0 aliphatic carbocycles. The van der Waals surface area contributed by atoms with Crippen LogP contribution in [0.2, 0.25) is 0 Å². The molecule has 1 rings (SSSR count). The van der Waals surface area contributed by atoms with E-state index in [1.807, 2.05) is 0 Å². The van der Waals surface area contributed by atoms with E-state index in [1.165, 1.54) is 7.11 Å². The summed E-state index contributed by atoms with van der Waals surface area (Å²) in [6, 6.07) is 4.25. The van der Waals surface area contributed by atoms with E-state index in [0.29, 0.717) is 0 Å². The number of hydrogen-bond acceptors (Lipinski definition) is 4. The van der Waals surface area contributed by atoms with E-state index in [9.17, 15) is 27.2 Å². The van der Waals surface area contributed by atoms with Crippen molar-refractivity contribution < 1.29 is 36.6 Å². The molecule has 0 N–H and O–H groups in total. The molecule has 0 atom stereocenters. The fourth-order valence-electron chi connectivity index (χ4n) is 1.37. The number of halogens is 4. The summed E-state index contributed by atoms with van der Waals surface area (Å²) in [5, 5.41) is 0. The zero-order valence-electron chi connectivity index (χ0n) is 10.9. The molecule has 8 heteroatoms. The van der Waals surface area contributed by atoms with Crippen LogP contribution in [0.15, 0.2) is 24.3 Å². The van der Waals surface area contributed by atoms with Gasteiger partial charge in [-0.3, -0.25) is 9.59 Å². The lowest BCUT2D eigenvalue weighted by Gasteiger charge is -2.16. The molecular weight excluding hydrogens is 296 g/mol. The van der Waals surface area contributed by atoms with Gasteiger partial charge in [0.2, 0.25) is 0 Å². The van der Waals surface area contributed by atoms with Gasteiger partial charge in [-0.05, 0) is 24.3 Å². The number of alkyl halides is 4. The summed E-state index contributed by atoms with van der Waals surface area (Å²) >= 11 is 0. The molecule has 0 fully saturated rings. The van der Waals surface area contributed by atoms with E-state index in [2.05, 4.69) is 9.47 Å². The van der Waals surface area contributed by atoms with Crippen LogP contribution in [0.1, 0.15) is 23.2 Å². The Morgan fingerprint density at radius 1 is 1.14 bits per heavy atom. The highest BCUT2D eigenvalue weighted by atomic mass is 19.3. The second-order valence-electron chi connectivity index (χ2n) is 3.99. The van der Waals surface area contributed by atoms with E-state index in [-0.39, 0.29) is 18.4 Å². The summed E-state index contributed by atoms with van der Waals surface area (Å²) in [6.45, 7) is 0. The van der Waals surface area contributed by atoms with Crippen molar-refractivity contribution in [1.29, 1.82) is 0 Å². The molecule has 0 aliphatic heterocycles. The number of carbonyl (C=O) groups excluding carboxylic acids is 2. The van der Waals surface area contributed by atoms with Gasteiger partial charge in [0.05, 0.1) is 13.5 Å². The zero-order chi connectivity index (χ0) is 16.0. The van der Waals surface area contributed by atoms with Crippen LogP contribution in [0.25, 0.3) is 0 Å². The number of carbonyl (C=O) groups is 2. The monoisotopic (exact) mass is 308 g/mol. The highest BCUT2D eigenvalue weighted by molar-refractivity contribution is 5.97. The van der Waals surface area contributed by atoms with Crippen molar-refractivity contribution in [3.63, 3.8) is 0 Å². The zero-order valence-corrected chi connectivity index (χ0v) is 10.9. The predicted octanol–water partition coefficient (Wildman–Crippen LogP) is 3.06. The topological polar surface area (TPSA) is 52.6 Å². The van der Waals surface area contributed by atoms with Crippen LogP contribution >= 0.6 is 0 Å². The molecule has 0 saturated carbocycles. The third-order valence-corrected chi connectivity index (χ3v) is 2.47. The fraction of sp³-hybridized carbons (Fsp3) is 0.385. The Morgan fingerprint density at radius 2 is 1.71 bits per heavy atom. The third kappa shape index (κ3) is 5.05. The molecule has 0 amide bonds. The summed E-state index contributed by atoms with van der Waals surface area (Å²) in [5.41, 5.74) is 0.145. The molecule has 21 heavy (non-hydrogen) atoms. The third-order valence-electron chi connectivity index (χ3n) is 2.47. The van der Waals surface area contributed by atoms with Crippen LogP contribution in [0.4, 0.5) is 17.6 Å². The Hall–Kier alpha value is -2.12. The van der Waals surface area contributed by atoms with E-state index in [0.717, 1.165) is 24.3 Å². The summed E-state index contributed by atoms with van der Waals surface area (Å²) in [6.07, 6.45) is -8.79. The highest BCUT2D eigenvalue weighted by Crippen LogP contribution is 2.27. The van der Waals surface area contributed by atoms with E-state index in [1.54, 1.807) is 0 Å². The first-order valence-electron chi connectivity index (χ1n) is 5.81. The normalized spacial score (nSPS) is 11.3. The van der Waals surface area contributed by atoms with Gasteiger partial charge >= 0.3 is 18.5 Å². The minimum Gasteiger partial charge on any atom is -0.469 e. The van der Waals surface area contributed by atoms with Gasteiger partial charge in [-0.1, -0.05) is 0 Å². The van der Waals surface area contributed by atoms with Gasteiger partial charge in [-0.2, -0.15) is 17.6 Å². The predicted molar refractivity (Wildman–Crippen MR) is 63.6 cm³/mol. The second kappa shape index (κ2) is 7.05. The molecule has 0 radical (unpaired) electrons. The Labute approximate surface area is 117 Å². The van der Waals surface area contributed by atoms with Crippen LogP contribution in [0.5, 0.6) is 5.75 Å². The number of Topliss-reactive ketones (excluding diaryl/α,β-unsaturated/α-hetero) is 1. The van der Waals surface area contributed by atoms with Crippen LogP contribution < -0.4 is 4.74 Å². The van der Waals surface area contributed by atoms with Gasteiger partial charge in [0.25, 0.3) is 0 Å². The Morgan fingerprint density at radius 3 is 2.19 bits per heavy atom. The first kappa shape index (κ1) is 16.9. The molecule has 0 aromatic heterocycles. The molecule has 0 saturated heterocycles. The maximum absolute atomic E-state index is 12.6. The minimum atomic E-state index is -4.60. The van der Waals surface area contributed by atoms with Crippen molar-refractivity contribution in [1.82, 2.24) is 0 Å². The quantitative estimate of drug-likeness (QED) is 0.441. The van der Waals surface area contributed by atoms with Crippen LogP contribution in [0, 0.1) is 0 Å². The molecule has 4 nitrogen and oxygen atoms in total. The van der Waals surface area contributed by atoms with Gasteiger partial charge < -0.3 is 9.47 Å². The van der Waals surface area contributed by atoms with Gasteiger partial charge in [-0.25, -0.2) is 0 Å². The molecule has 116 valence electrons. The van der Waals surface area contributed by atoms with Crippen molar-refractivity contribution in [2.24, 2.45) is 0 Å². The van der Waals surface area contributed by atoms with Crippen LogP contribution in [-0.4, -0.2) is 31.4 Å². The van der Waals surface area contributed by atoms with Crippen molar-refractivity contribution >= 4 is 11.8 Å². The number of benzene rings is 1. The van der Waals surface area contributed by atoms with Gasteiger partial charge in [0.1, 0.15) is 5.75 Å². The number of rotatable bonds is 7. The smallest absolute Gasteiger partial charge is 0.461 e. The van der Waals surface area contributed by atoms with Gasteiger partial charge in [0, 0.05) is 12.0 Å². The fourth-order valence-corrected chi connectivity index (χ4v) is 1.37. The Balaban J connectivity index is 2.65. The average molecular weight is 308 g/mol. The molecular formula is C13H12F4O4. The van der Waals surface area contributed by atoms with Crippen molar-refractivity contribution in [2.45, 2.75) is 25.4 Å². The minimum absolute atomic E-state index is 0.111. The molecule has 0 heterocycles. The molecule has 0 unspecified atom stereocenters. The van der Waals surface area contributed by atoms with Gasteiger partial charge in [0.15, 0.2) is 5.78 Å². The van der Waals surface area contributed by atoms with Crippen LogP contribution in [0.3, 0.4) is 0 Å². The van der Waals surface area contributed by atoms with Crippen LogP contribution in [-0.2, 0) is 9.53 Å². The number of methoxy groups -OCH3 is 1. The summed E-state index contributed by atoms with van der Waals surface area (Å²) in [4.78, 5) is 22.5. The van der Waals surface area contributed by atoms with Crippen molar-refractivity contribution in [3.05, 3.63) is 29.8 Å². The molecule has 0 spiro atoms. The summed E-state index contributed by atoms with van der Waals surface area (Å²) < 4.78 is 57.4. The van der Waals surface area contributed by atoms with E-state index in [4.69, 9.17) is 0 Å². The SMILES string of the molecule is COC(=O)CCC(=O)c1ccc(OC(F)(F)C(F)F)cc1. The maximum Gasteiger partial charge on any atom is 0.461 e. The lowest BCUT2D eigenvalue weighted by atomic mass is 10.1. The largest absolute Gasteiger partial charge is 0.469 e. The van der Waals surface area contributed by atoms with Gasteiger partial charge in [-0.15, -0.1) is 0 Å². The summed E-state index contributed by atoms with van der Waals surface area (Å²) in [5.74, 6) is -1.46. The number of ketones is 1. The summed E-state index contributed by atoms with van der Waals surface area (Å²) in [7, 11) is 1.18. The second-order valence-corrected chi connectivity index (χ2v) is 3.99. The number of ether oxygens (including phenoxy) is 2. The molecule has 0 bridgehead atoms. The molecule has 0 aliphatic rings. The Bertz CT molecular complexity index is 499. The maximum atomic E-state index is 12.6. The van der Waals surface area contributed by atoms with E-state index >= 15 is 0 Å². The Kier molecular flexibility index (Phi) is 5.69. The van der Waals surface area contributed by atoms with Crippen molar-refractivity contribution in [2.75, 3.05) is 7.11 Å². The average Bonchev–Trinajstić information content (AvgIpc) is 2.44. The van der Waals surface area contributed by atoms with Crippen molar-refractivity contribution in [3.8, 4) is 5.75 Å². The number of esters is 1. The lowest BCUT2D eigenvalue weighted by Crippen LogP contribution is -2.33.